The molecule has 1 saturated heterocycles. The van der Waals surface area contributed by atoms with Crippen molar-refractivity contribution < 1.29 is 9.05 Å². The van der Waals surface area contributed by atoms with E-state index < -0.39 is 13.3 Å². The molecule has 0 bridgehead atoms. The van der Waals surface area contributed by atoms with Crippen LogP contribution in [0, 0.1) is 11.3 Å². The lowest BCUT2D eigenvalue weighted by Crippen LogP contribution is -2.41. The third-order valence-corrected chi connectivity index (χ3v) is 12.0. The predicted octanol–water partition coefficient (Wildman–Crippen LogP) is 8.73. The largest absolute Gasteiger partial charge is 0.321 e. The van der Waals surface area contributed by atoms with Gasteiger partial charge in [0.2, 0.25) is 0 Å². The Bertz CT molecular complexity index is 1100. The van der Waals surface area contributed by atoms with Crippen molar-refractivity contribution in [2.45, 2.75) is 62.3 Å². The Balaban J connectivity index is 1.86. The summed E-state index contributed by atoms with van der Waals surface area (Å²) < 4.78 is 15.5. The van der Waals surface area contributed by atoms with Crippen LogP contribution in [0.2, 0.25) is 0 Å². The molecule has 3 atom stereocenters. The standard InChI is InChI=1S/C30H35N2O2PS2/c1-23(2)32(24(3)4)35(33-22-14-21-31)34-29-28(25-15-8-5-9-16-25)36-37-30(29,26-17-10-6-11-18-26)27-19-12-7-13-20-27/h5-13,15-20,23-24,28-29H,14,22H2,1-4H3/t28-,29-,35?/m0/s1. The van der Waals surface area contributed by atoms with E-state index in [1.165, 1.54) is 16.7 Å². The van der Waals surface area contributed by atoms with Crippen molar-refractivity contribution in [1.29, 1.82) is 5.26 Å². The average Bonchev–Trinajstić information content (AvgIpc) is 3.29. The monoisotopic (exact) mass is 550 g/mol. The summed E-state index contributed by atoms with van der Waals surface area (Å²) in [5, 5.41) is 9.30. The minimum atomic E-state index is -1.43. The van der Waals surface area contributed by atoms with Gasteiger partial charge in [0, 0.05) is 12.1 Å². The van der Waals surface area contributed by atoms with Crippen LogP contribution in [0.5, 0.6) is 0 Å². The fourth-order valence-corrected chi connectivity index (χ4v) is 10.7. The van der Waals surface area contributed by atoms with Gasteiger partial charge in [-0.05, 0) is 44.4 Å². The van der Waals surface area contributed by atoms with Crippen molar-refractivity contribution in [1.82, 2.24) is 4.67 Å². The Morgan fingerprint density at radius 1 is 0.865 bits per heavy atom. The van der Waals surface area contributed by atoms with Gasteiger partial charge in [0.25, 0.3) is 8.53 Å². The van der Waals surface area contributed by atoms with Crippen molar-refractivity contribution >= 4 is 30.1 Å². The van der Waals surface area contributed by atoms with E-state index in [0.717, 1.165) is 0 Å². The molecule has 0 radical (unpaired) electrons. The summed E-state index contributed by atoms with van der Waals surface area (Å²) in [6.07, 6.45) is 0.133. The zero-order chi connectivity index (χ0) is 26.3. The Morgan fingerprint density at radius 2 is 1.38 bits per heavy atom. The lowest BCUT2D eigenvalue weighted by Gasteiger charge is -2.42. The van der Waals surface area contributed by atoms with Crippen LogP contribution in [0.1, 0.15) is 56.1 Å². The highest BCUT2D eigenvalue weighted by atomic mass is 33.1. The second kappa shape index (κ2) is 13.3. The van der Waals surface area contributed by atoms with Crippen molar-refractivity contribution in [2.24, 2.45) is 0 Å². The molecule has 0 aromatic heterocycles. The van der Waals surface area contributed by atoms with Crippen LogP contribution < -0.4 is 0 Å². The van der Waals surface area contributed by atoms with E-state index in [2.05, 4.69) is 129 Å². The molecule has 4 rings (SSSR count). The number of hydrogen-bond acceptors (Lipinski definition) is 6. The number of rotatable bonds is 11. The molecular formula is C30H35N2O2PS2. The molecule has 0 saturated carbocycles. The molecule has 4 nitrogen and oxygen atoms in total. The van der Waals surface area contributed by atoms with Gasteiger partial charge in [-0.2, -0.15) is 5.26 Å². The van der Waals surface area contributed by atoms with Gasteiger partial charge >= 0.3 is 0 Å². The Morgan fingerprint density at radius 3 is 1.86 bits per heavy atom. The van der Waals surface area contributed by atoms with Gasteiger partial charge in [-0.3, -0.25) is 0 Å². The van der Waals surface area contributed by atoms with Crippen LogP contribution >= 0.6 is 30.1 Å². The minimum Gasteiger partial charge on any atom is -0.321 e. The summed E-state index contributed by atoms with van der Waals surface area (Å²) in [6.45, 7) is 9.08. The number of nitrogens with zero attached hydrogens (tertiary/aromatic N) is 2. The molecule has 37 heavy (non-hydrogen) atoms. The summed E-state index contributed by atoms with van der Waals surface area (Å²) in [5.41, 5.74) is 3.68. The summed E-state index contributed by atoms with van der Waals surface area (Å²) in [4.78, 5) is 0. The van der Waals surface area contributed by atoms with Gasteiger partial charge in [-0.25, -0.2) is 4.67 Å². The number of nitriles is 1. The first-order chi connectivity index (χ1) is 18.0. The first-order valence-electron chi connectivity index (χ1n) is 12.7. The van der Waals surface area contributed by atoms with Crippen molar-refractivity contribution in [3.05, 3.63) is 108 Å². The van der Waals surface area contributed by atoms with E-state index in [1.54, 1.807) is 0 Å². The normalized spacial score (nSPS) is 19.8. The molecule has 1 heterocycles. The summed E-state index contributed by atoms with van der Waals surface area (Å²) in [6, 6.07) is 34.8. The molecule has 7 heteroatoms. The van der Waals surface area contributed by atoms with Crippen molar-refractivity contribution in [3.8, 4) is 6.07 Å². The third kappa shape index (κ3) is 6.25. The quantitative estimate of drug-likeness (QED) is 0.135. The molecule has 3 aromatic carbocycles. The first kappa shape index (κ1) is 28.2. The molecule has 0 amide bonds. The van der Waals surface area contributed by atoms with Crippen LogP contribution in [-0.4, -0.2) is 29.5 Å². The first-order valence-corrected chi connectivity index (χ1v) is 16.1. The molecule has 194 valence electrons. The molecule has 1 aliphatic heterocycles. The maximum Gasteiger partial charge on any atom is 0.259 e. The van der Waals surface area contributed by atoms with Gasteiger partial charge < -0.3 is 9.05 Å². The van der Waals surface area contributed by atoms with E-state index >= 15 is 0 Å². The van der Waals surface area contributed by atoms with Crippen LogP contribution in [0.4, 0.5) is 0 Å². The molecule has 0 aliphatic carbocycles. The molecular weight excluding hydrogens is 515 g/mol. The second-order valence-corrected chi connectivity index (χ2v) is 13.5. The number of benzene rings is 3. The highest BCUT2D eigenvalue weighted by Crippen LogP contribution is 2.68. The maximum atomic E-state index is 9.21. The highest BCUT2D eigenvalue weighted by molar-refractivity contribution is 8.77. The van der Waals surface area contributed by atoms with Gasteiger partial charge in [-0.1, -0.05) is 113 Å². The fourth-order valence-electron chi connectivity index (χ4n) is 4.80. The topological polar surface area (TPSA) is 45.5 Å². The van der Waals surface area contributed by atoms with Crippen LogP contribution in [-0.2, 0) is 13.8 Å². The molecule has 1 fully saturated rings. The van der Waals surface area contributed by atoms with E-state index in [1.807, 2.05) is 21.6 Å². The van der Waals surface area contributed by atoms with Gasteiger partial charge in [0.05, 0.1) is 24.3 Å². The summed E-state index contributed by atoms with van der Waals surface area (Å²) in [7, 11) is 2.33. The zero-order valence-electron chi connectivity index (χ0n) is 21.9. The van der Waals surface area contributed by atoms with Crippen LogP contribution in [0.15, 0.2) is 91.0 Å². The van der Waals surface area contributed by atoms with E-state index in [9.17, 15) is 5.26 Å². The van der Waals surface area contributed by atoms with Crippen LogP contribution in [0.25, 0.3) is 0 Å². The molecule has 3 aromatic rings. The van der Waals surface area contributed by atoms with Crippen LogP contribution in [0.3, 0.4) is 0 Å². The highest BCUT2D eigenvalue weighted by Gasteiger charge is 2.55. The average molecular weight is 551 g/mol. The second-order valence-electron chi connectivity index (χ2n) is 9.55. The van der Waals surface area contributed by atoms with Gasteiger partial charge in [0.1, 0.15) is 10.9 Å². The van der Waals surface area contributed by atoms with Crippen molar-refractivity contribution in [3.63, 3.8) is 0 Å². The Hall–Kier alpha value is -1.84. The maximum absolute atomic E-state index is 9.21. The molecule has 0 N–H and O–H groups in total. The lowest BCUT2D eigenvalue weighted by atomic mass is 9.82. The summed E-state index contributed by atoms with van der Waals surface area (Å²) >= 11 is 0. The molecule has 0 spiro atoms. The molecule has 1 aliphatic rings. The minimum absolute atomic E-state index is 0.0948. The van der Waals surface area contributed by atoms with E-state index in [-0.39, 0.29) is 23.4 Å². The fraction of sp³-hybridized carbons (Fsp3) is 0.367. The van der Waals surface area contributed by atoms with E-state index in [4.69, 9.17) is 9.05 Å². The third-order valence-electron chi connectivity index (χ3n) is 6.36. The predicted molar refractivity (Wildman–Crippen MR) is 158 cm³/mol. The van der Waals surface area contributed by atoms with E-state index in [0.29, 0.717) is 13.0 Å². The Kier molecular flexibility index (Phi) is 10.1. The van der Waals surface area contributed by atoms with Crippen molar-refractivity contribution in [2.75, 3.05) is 6.61 Å². The lowest BCUT2D eigenvalue weighted by molar-refractivity contribution is 0.115. The van der Waals surface area contributed by atoms with Gasteiger partial charge in [0.15, 0.2) is 0 Å². The Labute approximate surface area is 231 Å². The van der Waals surface area contributed by atoms with Gasteiger partial charge in [-0.15, -0.1) is 0 Å². The SMILES string of the molecule is CC(C)N(C(C)C)P(OCCC#N)O[C@H]1[C@H](c2ccccc2)SSC1(c1ccccc1)c1ccccc1. The summed E-state index contributed by atoms with van der Waals surface area (Å²) in [5.74, 6) is 0. The smallest absolute Gasteiger partial charge is 0.259 e. The number of hydrogen-bond donors (Lipinski definition) is 0. The molecule has 1 unspecified atom stereocenters. The zero-order valence-corrected chi connectivity index (χ0v) is 24.4.